The second-order valence-corrected chi connectivity index (χ2v) is 9.60. The number of aromatic amines is 2. The Hall–Kier alpha value is -3.30. The first-order valence-corrected chi connectivity index (χ1v) is 11.7. The summed E-state index contributed by atoms with van der Waals surface area (Å²) in [5, 5.41) is 7.40. The van der Waals surface area contributed by atoms with Crippen LogP contribution in [0.25, 0.3) is 34.2 Å². The van der Waals surface area contributed by atoms with Gasteiger partial charge in [0, 0.05) is 42.4 Å². The van der Waals surface area contributed by atoms with Gasteiger partial charge in [0.25, 0.3) is 0 Å². The number of aromatic nitrogens is 2. The molecule has 0 radical (unpaired) electrons. The minimum Gasteiger partial charge on any atom is -0.355 e. The highest BCUT2D eigenvalue weighted by molar-refractivity contribution is 9.10. The molecule has 2 nitrogen and oxygen atoms in total. The first-order valence-electron chi connectivity index (χ1n) is 10.9. The summed E-state index contributed by atoms with van der Waals surface area (Å²) in [6, 6.07) is 24.1. The van der Waals surface area contributed by atoms with Crippen molar-refractivity contribution in [1.29, 1.82) is 0 Å². The lowest BCUT2D eigenvalue weighted by atomic mass is 10.0. The van der Waals surface area contributed by atoms with Crippen molar-refractivity contribution >= 4 is 38.9 Å². The van der Waals surface area contributed by atoms with Crippen LogP contribution in [0.2, 0.25) is 0 Å². The average molecular weight is 479 g/mol. The van der Waals surface area contributed by atoms with E-state index in [-0.39, 0.29) is 0 Å². The first-order chi connectivity index (χ1) is 15.6. The Morgan fingerprint density at radius 3 is 2.62 bits per heavy atom. The van der Waals surface area contributed by atoms with E-state index in [0.717, 1.165) is 21.9 Å². The number of H-pyrrole nitrogens is 2. The van der Waals surface area contributed by atoms with Crippen LogP contribution in [0.5, 0.6) is 0 Å². The molecule has 0 saturated heterocycles. The van der Waals surface area contributed by atoms with E-state index in [0.29, 0.717) is 0 Å². The first kappa shape index (κ1) is 19.4. The number of fused-ring (bicyclic) bond motifs is 3. The van der Waals surface area contributed by atoms with Crippen LogP contribution in [0.1, 0.15) is 22.4 Å². The monoisotopic (exact) mass is 478 g/mol. The van der Waals surface area contributed by atoms with E-state index >= 15 is 0 Å². The summed E-state index contributed by atoms with van der Waals surface area (Å²) in [4.78, 5) is 7.42. The lowest BCUT2D eigenvalue weighted by molar-refractivity contribution is 1.17. The smallest absolute Gasteiger partial charge is 0.0541 e. The van der Waals surface area contributed by atoms with Crippen LogP contribution >= 0.6 is 15.9 Å². The van der Waals surface area contributed by atoms with Crippen LogP contribution in [0, 0.1) is 24.4 Å². The Labute approximate surface area is 194 Å². The van der Waals surface area contributed by atoms with Crippen LogP contribution in [-0.2, 0) is 6.42 Å². The highest BCUT2D eigenvalue weighted by Crippen LogP contribution is 2.34. The van der Waals surface area contributed by atoms with Gasteiger partial charge in [0.05, 0.1) is 5.69 Å². The predicted molar refractivity (Wildman–Crippen MR) is 137 cm³/mol. The Morgan fingerprint density at radius 2 is 1.75 bits per heavy atom. The molecule has 1 aliphatic carbocycles. The zero-order valence-electron chi connectivity index (χ0n) is 18.1. The Bertz CT molecular complexity index is 1730. The molecular formula is C29H23BrN2. The molecule has 0 fully saturated rings. The van der Waals surface area contributed by atoms with E-state index in [2.05, 4.69) is 119 Å². The number of rotatable bonds is 2. The van der Waals surface area contributed by atoms with E-state index in [1.54, 1.807) is 0 Å². The molecular weight excluding hydrogens is 456 g/mol. The van der Waals surface area contributed by atoms with Crippen molar-refractivity contribution in [3.8, 4) is 11.3 Å². The highest BCUT2D eigenvalue weighted by atomic mass is 79.9. The van der Waals surface area contributed by atoms with Gasteiger partial charge in [-0.15, -0.1) is 0 Å². The van der Waals surface area contributed by atoms with E-state index in [4.69, 9.17) is 0 Å². The highest BCUT2D eigenvalue weighted by Gasteiger charge is 2.13. The molecule has 0 atom stereocenters. The van der Waals surface area contributed by atoms with Crippen molar-refractivity contribution in [1.82, 2.24) is 9.97 Å². The minimum absolute atomic E-state index is 0.960. The molecule has 0 bridgehead atoms. The molecule has 156 valence electrons. The molecule has 6 rings (SSSR count). The summed E-state index contributed by atoms with van der Waals surface area (Å²) in [6.07, 6.45) is 5.51. The molecule has 5 aromatic rings. The maximum Gasteiger partial charge on any atom is 0.0541 e. The van der Waals surface area contributed by atoms with Crippen LogP contribution in [0.3, 0.4) is 0 Å². The van der Waals surface area contributed by atoms with Crippen molar-refractivity contribution in [2.45, 2.75) is 20.3 Å². The van der Waals surface area contributed by atoms with Gasteiger partial charge in [0.2, 0.25) is 0 Å². The van der Waals surface area contributed by atoms with Crippen LogP contribution < -0.4 is 10.6 Å². The molecule has 0 amide bonds. The summed E-state index contributed by atoms with van der Waals surface area (Å²) in [5.41, 5.74) is 7.45. The molecule has 2 aromatic heterocycles. The van der Waals surface area contributed by atoms with Crippen molar-refractivity contribution in [3.63, 3.8) is 0 Å². The zero-order valence-corrected chi connectivity index (χ0v) is 19.7. The van der Waals surface area contributed by atoms with Gasteiger partial charge in [0.1, 0.15) is 0 Å². The zero-order chi connectivity index (χ0) is 21.8. The molecule has 2 N–H and O–H groups in total. The summed E-state index contributed by atoms with van der Waals surface area (Å²) >= 11 is 3.67. The van der Waals surface area contributed by atoms with Crippen LogP contribution in [-0.4, -0.2) is 9.97 Å². The fraction of sp³-hybridized carbons (Fsp3) is 0.103. The summed E-state index contributed by atoms with van der Waals surface area (Å²) in [5.74, 6) is 0. The number of halogens is 1. The number of benzene rings is 3. The molecule has 0 unspecified atom stereocenters. The molecule has 32 heavy (non-hydrogen) atoms. The molecule has 3 aromatic carbocycles. The fourth-order valence-corrected chi connectivity index (χ4v) is 5.29. The Balaban J connectivity index is 1.61. The van der Waals surface area contributed by atoms with Crippen molar-refractivity contribution in [2.75, 3.05) is 0 Å². The van der Waals surface area contributed by atoms with Crippen molar-refractivity contribution < 1.29 is 0 Å². The van der Waals surface area contributed by atoms with E-state index in [1.807, 2.05) is 0 Å². The van der Waals surface area contributed by atoms with Gasteiger partial charge in [-0.25, -0.2) is 0 Å². The standard InChI is InChI=1S/C29H23BrN2/c1-17-7-11-23(18(2)13-17)29-25-12-10-21(30)15-26(25)27(32-29)16-22-14-20-9-8-19-5-3-4-6-24(19)28(20)31-22/h3-8,10-16,31-32H,9H2,1-2H3. The third-order valence-corrected chi connectivity index (χ3v) is 6.94. The van der Waals surface area contributed by atoms with Crippen molar-refractivity contribution in [3.05, 3.63) is 115 Å². The second kappa shape index (κ2) is 7.39. The van der Waals surface area contributed by atoms with E-state index in [9.17, 15) is 0 Å². The van der Waals surface area contributed by atoms with E-state index in [1.165, 1.54) is 54.5 Å². The molecule has 2 heterocycles. The van der Waals surface area contributed by atoms with Gasteiger partial charge >= 0.3 is 0 Å². The number of hydrogen-bond acceptors (Lipinski definition) is 0. The van der Waals surface area contributed by atoms with E-state index < -0.39 is 0 Å². The summed E-state index contributed by atoms with van der Waals surface area (Å²) < 4.78 is 1.08. The molecule has 1 aliphatic rings. The van der Waals surface area contributed by atoms with Crippen LogP contribution in [0.15, 0.2) is 71.2 Å². The van der Waals surface area contributed by atoms with Gasteiger partial charge in [-0.3, -0.25) is 0 Å². The third-order valence-electron chi connectivity index (χ3n) is 6.44. The Kier molecular flexibility index (Phi) is 4.48. The maximum atomic E-state index is 3.74. The predicted octanol–water partition coefficient (Wildman–Crippen LogP) is 5.99. The normalized spacial score (nSPS) is 13.2. The Morgan fingerprint density at radius 1 is 0.875 bits per heavy atom. The van der Waals surface area contributed by atoms with Crippen molar-refractivity contribution in [2.24, 2.45) is 0 Å². The lowest BCUT2D eigenvalue weighted by Crippen LogP contribution is -2.08. The second-order valence-electron chi connectivity index (χ2n) is 8.69. The van der Waals surface area contributed by atoms with Gasteiger partial charge in [-0.2, -0.15) is 0 Å². The quantitative estimate of drug-likeness (QED) is 0.312. The summed E-state index contributed by atoms with van der Waals surface area (Å²) in [6.45, 7) is 4.33. The number of nitrogens with one attached hydrogen (secondary N) is 2. The maximum absolute atomic E-state index is 3.74. The number of aryl methyl sites for hydroxylation is 2. The summed E-state index contributed by atoms with van der Waals surface area (Å²) in [7, 11) is 0. The van der Waals surface area contributed by atoms with Crippen LogP contribution in [0.4, 0.5) is 0 Å². The molecule has 0 saturated carbocycles. The lowest BCUT2D eigenvalue weighted by Gasteiger charge is -2.06. The molecule has 0 spiro atoms. The SMILES string of the molecule is Cc1ccc(-c2[nH]c(C=c3cc4c([nH]3)=c3ccccc3=CC4)c3cc(Br)ccc23)c(C)c1. The third kappa shape index (κ3) is 3.16. The fourth-order valence-electron chi connectivity index (χ4n) is 4.92. The van der Waals surface area contributed by atoms with Gasteiger partial charge in [0.15, 0.2) is 0 Å². The van der Waals surface area contributed by atoms with Gasteiger partial charge in [-0.05, 0) is 60.9 Å². The topological polar surface area (TPSA) is 31.6 Å². The van der Waals surface area contributed by atoms with Gasteiger partial charge in [-0.1, -0.05) is 76.1 Å². The average Bonchev–Trinajstić information content (AvgIpc) is 3.35. The number of hydrogen-bond donors (Lipinski definition) is 2. The molecule has 3 heteroatoms. The minimum atomic E-state index is 0.960. The largest absolute Gasteiger partial charge is 0.355 e. The van der Waals surface area contributed by atoms with Gasteiger partial charge < -0.3 is 9.97 Å². The molecule has 0 aliphatic heterocycles.